The lowest BCUT2D eigenvalue weighted by Crippen LogP contribution is -2.28. The average Bonchev–Trinajstić information content (AvgIpc) is 2.95. The van der Waals surface area contributed by atoms with Crippen LogP contribution in [0.5, 0.6) is 0 Å². The molecule has 0 atom stereocenters. The first kappa shape index (κ1) is 24.1. The van der Waals surface area contributed by atoms with Crippen LogP contribution >= 0.6 is 11.6 Å². The number of nitrogens with zero attached hydrogens (tertiary/aromatic N) is 1. The Morgan fingerprint density at radius 3 is 2.31 bits per heavy atom. The van der Waals surface area contributed by atoms with Gasteiger partial charge in [0.15, 0.2) is 0 Å². The van der Waals surface area contributed by atoms with Gasteiger partial charge in [0, 0.05) is 42.3 Å². The number of hydrogen-bond acceptors (Lipinski definition) is 4. The average molecular weight is 458 g/mol. The number of amides is 2. The normalized spacial score (nSPS) is 12.5. The number of carbonyl (C=O) groups excluding carboxylic acids is 2. The highest BCUT2D eigenvalue weighted by atomic mass is 35.5. The lowest BCUT2D eigenvalue weighted by molar-refractivity contribution is -0.129. The fourth-order valence-electron chi connectivity index (χ4n) is 4.16. The molecule has 1 aliphatic heterocycles. The Morgan fingerprint density at radius 2 is 1.56 bits per heavy atom. The molecule has 0 spiro atoms. The number of para-hydroxylation sites is 1. The van der Waals surface area contributed by atoms with E-state index in [1.807, 2.05) is 12.1 Å². The number of unbranched alkanes of at least 4 members (excludes halogenated alkanes) is 3. The second-order valence-electron chi connectivity index (χ2n) is 8.21. The smallest absolute Gasteiger partial charge is 0.243 e. The summed E-state index contributed by atoms with van der Waals surface area (Å²) in [4.78, 5) is 25.4. The third kappa shape index (κ3) is 6.97. The van der Waals surface area contributed by atoms with Crippen molar-refractivity contribution in [1.82, 2.24) is 10.8 Å². The monoisotopic (exact) mass is 457 g/mol. The van der Waals surface area contributed by atoms with Gasteiger partial charge in [-0.25, -0.2) is 5.48 Å². The minimum Gasteiger partial charge on any atom is -0.356 e. The summed E-state index contributed by atoms with van der Waals surface area (Å²) >= 11 is 6.31. The zero-order valence-corrected chi connectivity index (χ0v) is 19.2. The van der Waals surface area contributed by atoms with E-state index < -0.39 is 0 Å². The van der Waals surface area contributed by atoms with Gasteiger partial charge in [0.05, 0.1) is 0 Å². The number of anilines is 2. The summed E-state index contributed by atoms with van der Waals surface area (Å²) in [6.07, 6.45) is 6.93. The minimum absolute atomic E-state index is 0.0674. The Bertz CT molecular complexity index is 919. The molecule has 6 nitrogen and oxygen atoms in total. The predicted octanol–water partition coefficient (Wildman–Crippen LogP) is 4.93. The lowest BCUT2D eigenvalue weighted by atomic mass is 10.0. The van der Waals surface area contributed by atoms with Gasteiger partial charge in [-0.3, -0.25) is 14.8 Å². The van der Waals surface area contributed by atoms with Gasteiger partial charge in [0.25, 0.3) is 0 Å². The molecule has 0 fully saturated rings. The summed E-state index contributed by atoms with van der Waals surface area (Å²) in [6, 6.07) is 14.6. The first-order valence-electron chi connectivity index (χ1n) is 11.4. The number of fused-ring (bicyclic) bond motifs is 2. The van der Waals surface area contributed by atoms with E-state index in [2.05, 4.69) is 40.5 Å². The first-order chi connectivity index (χ1) is 15.6. The second kappa shape index (κ2) is 12.5. The molecule has 0 unspecified atom stereocenters. The fraction of sp³-hybridized carbons (Fsp3) is 0.440. The first-order valence-corrected chi connectivity index (χ1v) is 11.8. The molecule has 0 aromatic heterocycles. The van der Waals surface area contributed by atoms with Crippen LogP contribution in [-0.2, 0) is 22.4 Å². The van der Waals surface area contributed by atoms with E-state index in [-0.39, 0.29) is 11.8 Å². The number of rotatable bonds is 11. The number of carbonyl (C=O) groups is 2. The SMILES string of the molecule is O=C(CCCCCCC(=O)NCCCN1c2ccccc2CCc2ccc(Cl)cc21)NO. The van der Waals surface area contributed by atoms with Crippen LogP contribution in [0.1, 0.15) is 56.1 Å². The van der Waals surface area contributed by atoms with Crippen molar-refractivity contribution in [2.45, 2.75) is 57.8 Å². The van der Waals surface area contributed by atoms with Crippen molar-refractivity contribution in [1.29, 1.82) is 0 Å². The van der Waals surface area contributed by atoms with Crippen LogP contribution in [-0.4, -0.2) is 30.1 Å². The van der Waals surface area contributed by atoms with Gasteiger partial charge in [-0.05, 0) is 61.4 Å². The molecule has 172 valence electrons. The van der Waals surface area contributed by atoms with Crippen molar-refractivity contribution in [3.05, 3.63) is 58.6 Å². The lowest BCUT2D eigenvalue weighted by Gasteiger charge is -2.27. The van der Waals surface area contributed by atoms with Gasteiger partial charge in [-0.1, -0.05) is 48.7 Å². The molecule has 2 aromatic rings. The van der Waals surface area contributed by atoms with Gasteiger partial charge in [-0.2, -0.15) is 0 Å². The maximum Gasteiger partial charge on any atom is 0.243 e. The van der Waals surface area contributed by atoms with E-state index in [0.717, 1.165) is 62.2 Å². The molecular formula is C25H32ClN3O3. The van der Waals surface area contributed by atoms with Crippen molar-refractivity contribution in [2.24, 2.45) is 0 Å². The molecule has 2 aromatic carbocycles. The van der Waals surface area contributed by atoms with E-state index in [0.29, 0.717) is 19.4 Å². The number of aryl methyl sites for hydroxylation is 2. The van der Waals surface area contributed by atoms with Gasteiger partial charge >= 0.3 is 0 Å². The quantitative estimate of drug-likeness (QED) is 0.254. The minimum atomic E-state index is -0.361. The van der Waals surface area contributed by atoms with Gasteiger partial charge in [0.2, 0.25) is 11.8 Å². The topological polar surface area (TPSA) is 81.7 Å². The Kier molecular flexibility index (Phi) is 9.38. The Labute approximate surface area is 194 Å². The van der Waals surface area contributed by atoms with Crippen LogP contribution < -0.4 is 15.7 Å². The standard InChI is InChI=1S/C25H32ClN3O3/c26-21-15-14-20-13-12-19-8-5-6-9-22(19)29(23(20)18-21)17-7-16-27-24(30)10-3-1-2-4-11-25(31)28-32/h5-6,8-9,14-15,18,32H,1-4,7,10-13,16-17H2,(H,27,30)(H,28,31). The van der Waals surface area contributed by atoms with Gasteiger partial charge in [-0.15, -0.1) is 0 Å². The summed E-state index contributed by atoms with van der Waals surface area (Å²) in [6.45, 7) is 1.43. The number of hydrogen-bond donors (Lipinski definition) is 3. The summed E-state index contributed by atoms with van der Waals surface area (Å²) in [5.41, 5.74) is 6.64. The molecule has 7 heteroatoms. The summed E-state index contributed by atoms with van der Waals surface area (Å²) < 4.78 is 0. The zero-order valence-electron chi connectivity index (χ0n) is 18.4. The number of halogens is 1. The largest absolute Gasteiger partial charge is 0.356 e. The number of nitrogens with one attached hydrogen (secondary N) is 2. The molecule has 0 aliphatic carbocycles. The Balaban J connectivity index is 1.45. The van der Waals surface area contributed by atoms with Crippen LogP contribution in [0.25, 0.3) is 0 Å². The molecule has 3 N–H and O–H groups in total. The molecule has 32 heavy (non-hydrogen) atoms. The predicted molar refractivity (Wildman–Crippen MR) is 128 cm³/mol. The third-order valence-corrected chi connectivity index (χ3v) is 6.08. The van der Waals surface area contributed by atoms with Crippen molar-refractivity contribution >= 4 is 34.8 Å². The van der Waals surface area contributed by atoms with Crippen LogP contribution in [0.2, 0.25) is 5.02 Å². The molecule has 3 rings (SSSR count). The molecular weight excluding hydrogens is 426 g/mol. The molecule has 2 amide bonds. The van der Waals surface area contributed by atoms with Crippen molar-refractivity contribution in [2.75, 3.05) is 18.0 Å². The van der Waals surface area contributed by atoms with E-state index in [4.69, 9.17) is 16.8 Å². The maximum atomic E-state index is 12.1. The molecule has 1 aliphatic rings. The molecule has 0 radical (unpaired) electrons. The molecule has 1 heterocycles. The van der Waals surface area contributed by atoms with E-state index in [1.165, 1.54) is 16.8 Å². The number of hydroxylamine groups is 1. The molecule has 0 bridgehead atoms. The van der Waals surface area contributed by atoms with Crippen LogP contribution in [0.4, 0.5) is 11.4 Å². The van der Waals surface area contributed by atoms with E-state index >= 15 is 0 Å². The van der Waals surface area contributed by atoms with Crippen molar-refractivity contribution < 1.29 is 14.8 Å². The van der Waals surface area contributed by atoms with Crippen LogP contribution in [0, 0.1) is 0 Å². The van der Waals surface area contributed by atoms with E-state index in [1.54, 1.807) is 5.48 Å². The highest BCUT2D eigenvalue weighted by molar-refractivity contribution is 6.30. The summed E-state index contributed by atoms with van der Waals surface area (Å²) in [7, 11) is 0. The third-order valence-electron chi connectivity index (χ3n) is 5.85. The molecule has 0 saturated heterocycles. The van der Waals surface area contributed by atoms with Crippen molar-refractivity contribution in [3.63, 3.8) is 0 Å². The number of benzene rings is 2. The summed E-state index contributed by atoms with van der Waals surface area (Å²) in [5.74, 6) is -0.294. The van der Waals surface area contributed by atoms with Gasteiger partial charge in [0.1, 0.15) is 0 Å². The fourth-order valence-corrected chi connectivity index (χ4v) is 4.33. The Morgan fingerprint density at radius 1 is 0.875 bits per heavy atom. The highest BCUT2D eigenvalue weighted by Crippen LogP contribution is 2.37. The van der Waals surface area contributed by atoms with E-state index in [9.17, 15) is 9.59 Å². The van der Waals surface area contributed by atoms with Crippen LogP contribution in [0.3, 0.4) is 0 Å². The molecule has 0 saturated carbocycles. The maximum absolute atomic E-state index is 12.1. The zero-order chi connectivity index (χ0) is 22.8. The summed E-state index contributed by atoms with van der Waals surface area (Å²) in [5, 5.41) is 12.2. The second-order valence-corrected chi connectivity index (χ2v) is 8.64. The Hall–Kier alpha value is -2.57. The highest BCUT2D eigenvalue weighted by Gasteiger charge is 2.20. The van der Waals surface area contributed by atoms with Crippen LogP contribution in [0.15, 0.2) is 42.5 Å². The van der Waals surface area contributed by atoms with Crippen molar-refractivity contribution in [3.8, 4) is 0 Å². The van der Waals surface area contributed by atoms with Gasteiger partial charge < -0.3 is 10.2 Å².